The Morgan fingerprint density at radius 1 is 0.891 bits per heavy atom. The van der Waals surface area contributed by atoms with Gasteiger partial charge in [0.15, 0.2) is 0 Å². The van der Waals surface area contributed by atoms with Crippen LogP contribution in [0.2, 0.25) is 15.1 Å². The van der Waals surface area contributed by atoms with Gasteiger partial charge in [-0.15, -0.1) is 0 Å². The van der Waals surface area contributed by atoms with Gasteiger partial charge in [-0.05, 0) is 55.3 Å². The Morgan fingerprint density at radius 3 is 1.98 bits per heavy atom. The molecule has 5 rings (SSSR count). The zero-order chi connectivity index (χ0) is 33.4. The van der Waals surface area contributed by atoms with E-state index in [0.29, 0.717) is 15.6 Å². The van der Waals surface area contributed by atoms with E-state index in [1.807, 2.05) is 0 Å². The Labute approximate surface area is 283 Å². The molecule has 246 valence electrons. The lowest BCUT2D eigenvalue weighted by Crippen LogP contribution is -2.55. The minimum absolute atomic E-state index is 0.0472. The van der Waals surface area contributed by atoms with Crippen molar-refractivity contribution in [3.8, 4) is 5.75 Å². The van der Waals surface area contributed by atoms with Gasteiger partial charge in [0, 0.05) is 42.3 Å². The van der Waals surface area contributed by atoms with E-state index in [9.17, 15) is 21.6 Å². The minimum Gasteiger partial charge on any atom is -0.493 e. The molecule has 3 aromatic rings. The van der Waals surface area contributed by atoms with Crippen LogP contribution < -0.4 is 9.88 Å². The van der Waals surface area contributed by atoms with E-state index in [-0.39, 0.29) is 65.6 Å². The Kier molecular flexibility index (Phi) is 10.2. The Hall–Kier alpha value is -2.91. The molecular formula is C30H32Cl3N5O6S2. The molecule has 0 spiro atoms. The summed E-state index contributed by atoms with van der Waals surface area (Å²) in [4.78, 5) is 22.4. The second-order valence-electron chi connectivity index (χ2n) is 10.6. The first kappa shape index (κ1) is 34.4. The van der Waals surface area contributed by atoms with Crippen molar-refractivity contribution < 1.29 is 26.4 Å². The molecule has 1 saturated heterocycles. The molecule has 2 aliphatic rings. The van der Waals surface area contributed by atoms with Crippen molar-refractivity contribution >= 4 is 66.7 Å². The van der Waals surface area contributed by atoms with E-state index >= 15 is 0 Å². The molecule has 0 radical (unpaired) electrons. The molecule has 2 aliphatic heterocycles. The van der Waals surface area contributed by atoms with Crippen molar-refractivity contribution in [1.29, 1.82) is 0 Å². The van der Waals surface area contributed by atoms with Gasteiger partial charge in [0.25, 0.3) is 0 Å². The monoisotopic (exact) mass is 727 g/mol. The summed E-state index contributed by atoms with van der Waals surface area (Å²) in [5.41, 5.74) is 1.61. The number of carbonyl (C=O) groups excluding carboxylic acids is 1. The smallest absolute Gasteiger partial charge is 0.326 e. The van der Waals surface area contributed by atoms with Crippen LogP contribution in [-0.2, 0) is 20.0 Å². The van der Waals surface area contributed by atoms with Crippen LogP contribution in [-0.4, -0.2) is 81.3 Å². The van der Waals surface area contributed by atoms with E-state index < -0.39 is 38.2 Å². The second-order valence-corrected chi connectivity index (χ2v) is 15.7. The van der Waals surface area contributed by atoms with Gasteiger partial charge in [0.1, 0.15) is 22.5 Å². The number of sulfonamides is 2. The Balaban J connectivity index is 1.71. The second kappa shape index (κ2) is 13.7. The number of hydrogen-bond acceptors (Lipinski definition) is 7. The predicted molar refractivity (Wildman–Crippen MR) is 179 cm³/mol. The number of hydrogen-bond donors (Lipinski definition) is 1. The van der Waals surface area contributed by atoms with Gasteiger partial charge in [-0.1, -0.05) is 59.1 Å². The first-order valence-corrected chi connectivity index (χ1v) is 18.7. The highest BCUT2D eigenvalue weighted by molar-refractivity contribution is 7.89. The maximum absolute atomic E-state index is 14.7. The highest BCUT2D eigenvalue weighted by atomic mass is 35.5. The van der Waals surface area contributed by atoms with Crippen molar-refractivity contribution in [2.75, 3.05) is 38.5 Å². The number of rotatable bonds is 8. The minimum atomic E-state index is -4.29. The van der Waals surface area contributed by atoms with Gasteiger partial charge in [-0.25, -0.2) is 26.8 Å². The van der Waals surface area contributed by atoms with E-state index in [4.69, 9.17) is 49.7 Å². The quantitative estimate of drug-likeness (QED) is 0.333. The number of amidine groups is 1. The number of aliphatic imine (C=N–C) groups is 1. The molecule has 46 heavy (non-hydrogen) atoms. The molecule has 11 nitrogen and oxygen atoms in total. The number of nitrogens with zero attached hydrogens (tertiary/aromatic N) is 4. The highest BCUT2D eigenvalue weighted by Gasteiger charge is 2.45. The lowest BCUT2D eigenvalue weighted by atomic mass is 9.93. The molecule has 2 N–H and O–H groups in total. The fraction of sp³-hybridized carbons (Fsp3) is 0.333. The van der Waals surface area contributed by atoms with Crippen molar-refractivity contribution in [1.82, 2.24) is 14.1 Å². The van der Waals surface area contributed by atoms with E-state index in [0.717, 1.165) is 5.56 Å². The van der Waals surface area contributed by atoms with E-state index in [1.165, 1.54) is 21.3 Å². The molecule has 0 unspecified atom stereocenters. The zero-order valence-corrected chi connectivity index (χ0v) is 28.8. The zero-order valence-electron chi connectivity index (χ0n) is 24.9. The molecule has 0 saturated carbocycles. The summed E-state index contributed by atoms with van der Waals surface area (Å²) in [6.45, 7) is 4.02. The highest BCUT2D eigenvalue weighted by Crippen LogP contribution is 2.46. The summed E-state index contributed by atoms with van der Waals surface area (Å²) in [5.74, 6) is 0.273. The molecular weight excluding hydrogens is 697 g/mol. The number of amides is 2. The van der Waals surface area contributed by atoms with Crippen LogP contribution >= 0.6 is 34.8 Å². The third kappa shape index (κ3) is 7.01. The molecule has 0 bridgehead atoms. The van der Waals surface area contributed by atoms with Crippen LogP contribution in [0, 0.1) is 0 Å². The molecule has 1 fully saturated rings. The van der Waals surface area contributed by atoms with Gasteiger partial charge in [0.05, 0.1) is 29.0 Å². The van der Waals surface area contributed by atoms with Crippen molar-refractivity contribution in [2.24, 2.45) is 10.1 Å². The van der Waals surface area contributed by atoms with Crippen molar-refractivity contribution in [3.05, 3.63) is 92.4 Å². The van der Waals surface area contributed by atoms with E-state index in [1.54, 1.807) is 67.3 Å². The largest absolute Gasteiger partial charge is 0.493 e. The van der Waals surface area contributed by atoms with Gasteiger partial charge >= 0.3 is 6.03 Å². The maximum Gasteiger partial charge on any atom is 0.326 e. The first-order valence-electron chi connectivity index (χ1n) is 14.4. The lowest BCUT2D eigenvalue weighted by molar-refractivity contribution is 0.143. The number of benzene rings is 3. The van der Waals surface area contributed by atoms with Crippen LogP contribution in [0.25, 0.3) is 0 Å². The fourth-order valence-electron chi connectivity index (χ4n) is 5.55. The topological polar surface area (TPSA) is 143 Å². The van der Waals surface area contributed by atoms with Crippen molar-refractivity contribution in [2.45, 2.75) is 30.8 Å². The summed E-state index contributed by atoms with van der Waals surface area (Å²) >= 11 is 18.8. The first-order chi connectivity index (χ1) is 21.7. The summed E-state index contributed by atoms with van der Waals surface area (Å²) in [5, 5.41) is 6.38. The van der Waals surface area contributed by atoms with E-state index in [2.05, 4.69) is 0 Å². The molecule has 0 aliphatic carbocycles. The van der Waals surface area contributed by atoms with Crippen LogP contribution in [0.15, 0.2) is 70.6 Å². The molecule has 3 aromatic carbocycles. The summed E-state index contributed by atoms with van der Waals surface area (Å²) in [6, 6.07) is 14.8. The normalized spacial score (nSPS) is 19.3. The van der Waals surface area contributed by atoms with Crippen LogP contribution in [0.5, 0.6) is 5.75 Å². The predicted octanol–water partition coefficient (Wildman–Crippen LogP) is 5.33. The van der Waals surface area contributed by atoms with Gasteiger partial charge in [0.2, 0.25) is 20.0 Å². The Morgan fingerprint density at radius 2 is 1.46 bits per heavy atom. The summed E-state index contributed by atoms with van der Waals surface area (Å²) < 4.78 is 57.5. The average Bonchev–Trinajstić information content (AvgIpc) is 3.41. The van der Waals surface area contributed by atoms with Gasteiger partial charge in [-0.3, -0.25) is 9.89 Å². The van der Waals surface area contributed by atoms with Crippen LogP contribution in [0.3, 0.4) is 0 Å². The molecule has 0 aromatic heterocycles. The average molecular weight is 729 g/mol. The van der Waals surface area contributed by atoms with Crippen LogP contribution in [0.1, 0.15) is 42.6 Å². The standard InChI is InChI=1S/C30H32Cl3N5O6S2/c1-3-44-25-18-24(33)26(46(34,42)43)17-23(25)29-35-27(19-5-9-21(31)10-6-19)28(20-7-11-22(32)12-8-20)38(29)30(39)36-13-15-37(16-14-36)45(40,41)4-2/h5-12,17-18,27-28H,3-4,13-16H2,1-2H3,(H2,34,42,43)/t27-,28+/m0/s1. The number of nitrogens with two attached hydrogens (primary N) is 1. The molecule has 2 heterocycles. The fourth-order valence-corrected chi connectivity index (χ4v) is 7.98. The molecule has 16 heteroatoms. The molecule has 2 atom stereocenters. The van der Waals surface area contributed by atoms with Crippen molar-refractivity contribution in [3.63, 3.8) is 0 Å². The lowest BCUT2D eigenvalue weighted by Gasteiger charge is -2.38. The number of halogens is 3. The number of primary sulfonamides is 1. The Bertz CT molecular complexity index is 1870. The number of ether oxygens (including phenoxy) is 1. The third-order valence-corrected chi connectivity index (χ3v) is 11.6. The van der Waals surface area contributed by atoms with Gasteiger partial charge < -0.3 is 9.64 Å². The SMILES string of the molecule is CCOc1cc(Cl)c(S(N)(=O)=O)cc1C1=N[C@@H](c2ccc(Cl)cc2)[C@@H](c2ccc(Cl)cc2)N1C(=O)N1CCN(S(=O)(=O)CC)CC1. The van der Waals surface area contributed by atoms with Gasteiger partial charge in [-0.2, -0.15) is 4.31 Å². The maximum atomic E-state index is 14.7. The number of piperazine rings is 1. The number of urea groups is 1. The summed E-state index contributed by atoms with van der Waals surface area (Å²) in [7, 11) is -7.73. The molecule has 2 amide bonds. The van der Waals surface area contributed by atoms with Crippen LogP contribution in [0.4, 0.5) is 4.79 Å². The summed E-state index contributed by atoms with van der Waals surface area (Å²) in [6.07, 6.45) is 0. The third-order valence-electron chi connectivity index (χ3n) is 7.84. The number of carbonyl (C=O) groups is 1.